The van der Waals surface area contributed by atoms with Crippen molar-refractivity contribution < 1.29 is 45.5 Å². The summed E-state index contributed by atoms with van der Waals surface area (Å²) >= 11 is 0. The third-order valence-corrected chi connectivity index (χ3v) is 4.77. The quantitative estimate of drug-likeness (QED) is 0.0771. The van der Waals surface area contributed by atoms with Crippen molar-refractivity contribution in [1.29, 1.82) is 0 Å². The number of esters is 1. The first-order valence-corrected chi connectivity index (χ1v) is 10.9. The Balaban J connectivity index is 2.22. The lowest BCUT2D eigenvalue weighted by Gasteiger charge is -2.16. The van der Waals surface area contributed by atoms with E-state index in [-0.39, 0.29) is 37.8 Å². The average Bonchev–Trinajstić information content (AvgIpc) is 2.83. The number of nitrogens with two attached hydrogens (primary N) is 2. The van der Waals surface area contributed by atoms with Gasteiger partial charge in [-0.1, -0.05) is 12.1 Å². The average molecular weight is 567 g/mol. The summed E-state index contributed by atoms with van der Waals surface area (Å²) in [4.78, 5) is 44.9. The van der Waals surface area contributed by atoms with Gasteiger partial charge in [0.2, 0.25) is 17.7 Å². The molecule has 1 aromatic carbocycles. The summed E-state index contributed by atoms with van der Waals surface area (Å²) in [5.74, 6) is -5.21. The van der Waals surface area contributed by atoms with E-state index >= 15 is 0 Å². The van der Waals surface area contributed by atoms with E-state index in [1.807, 2.05) is 0 Å². The van der Waals surface area contributed by atoms with Crippen molar-refractivity contribution >= 4 is 23.7 Å². The van der Waals surface area contributed by atoms with Gasteiger partial charge in [-0.2, -0.15) is 31.3 Å². The number of amides is 1. The fourth-order valence-electron chi connectivity index (χ4n) is 2.92. The van der Waals surface area contributed by atoms with Gasteiger partial charge in [0.1, 0.15) is 13.2 Å². The van der Waals surface area contributed by atoms with E-state index in [0.717, 1.165) is 23.6 Å². The molecule has 0 radical (unpaired) electrons. The molecule has 1 amide bonds. The van der Waals surface area contributed by atoms with Crippen LogP contribution in [0, 0.1) is 6.92 Å². The van der Waals surface area contributed by atoms with Gasteiger partial charge in [0.15, 0.2) is 5.82 Å². The molecule has 0 aliphatic rings. The number of carbonyl (C=O) groups excluding carboxylic acids is 2. The molecule has 2 rings (SSSR count). The molecule has 2 aromatic rings. The van der Waals surface area contributed by atoms with Crippen molar-refractivity contribution in [1.82, 2.24) is 14.9 Å². The van der Waals surface area contributed by atoms with Crippen LogP contribution >= 0.6 is 0 Å². The van der Waals surface area contributed by atoms with Crippen molar-refractivity contribution in [2.75, 3.05) is 25.0 Å². The normalized spacial score (nSPS) is 11.5. The second-order valence-corrected chi connectivity index (χ2v) is 7.70. The highest BCUT2D eigenvalue weighted by Crippen LogP contribution is 2.29. The number of oxime groups is 1. The van der Waals surface area contributed by atoms with Crippen LogP contribution in [0.1, 0.15) is 16.8 Å². The number of hydrogen-bond acceptors (Lipinski definition) is 8. The van der Waals surface area contributed by atoms with E-state index in [9.17, 15) is 40.7 Å². The third-order valence-electron chi connectivity index (χ3n) is 4.77. The Morgan fingerprint density at radius 3 is 2.28 bits per heavy atom. The molecule has 0 saturated carbocycles. The highest BCUT2D eigenvalue weighted by molar-refractivity contribution is 5.78. The Morgan fingerprint density at radius 1 is 1.08 bits per heavy atom. The van der Waals surface area contributed by atoms with Crippen LogP contribution in [0.4, 0.5) is 32.2 Å². The lowest BCUT2D eigenvalue weighted by Crippen LogP contribution is -2.37. The SMILES string of the molecule is Cc1c(OC(=O)C(F)(F)F)nc(NCCc2ccc(C(F)(F)F)cc2)c(=O)n1CC(=O)NCCON=C(N)N. The largest absolute Gasteiger partial charge is 0.491 e. The van der Waals surface area contributed by atoms with E-state index in [4.69, 9.17) is 11.5 Å². The van der Waals surface area contributed by atoms with Crippen LogP contribution in [0.15, 0.2) is 34.2 Å². The van der Waals surface area contributed by atoms with E-state index in [1.54, 1.807) is 0 Å². The fourth-order valence-corrected chi connectivity index (χ4v) is 2.92. The smallest absolute Gasteiger partial charge is 0.399 e. The van der Waals surface area contributed by atoms with Crippen molar-refractivity contribution in [3.8, 4) is 5.88 Å². The van der Waals surface area contributed by atoms with Gasteiger partial charge in [0.05, 0.1) is 17.8 Å². The van der Waals surface area contributed by atoms with Crippen LogP contribution in [0.3, 0.4) is 0 Å². The lowest BCUT2D eigenvalue weighted by atomic mass is 10.1. The number of rotatable bonds is 11. The van der Waals surface area contributed by atoms with Crippen LogP contribution in [-0.4, -0.2) is 53.3 Å². The first kappa shape index (κ1) is 30.7. The van der Waals surface area contributed by atoms with Crippen molar-refractivity contribution in [2.24, 2.45) is 16.6 Å². The minimum Gasteiger partial charge on any atom is -0.399 e. The molecule has 0 bridgehead atoms. The maximum atomic E-state index is 12.9. The minimum atomic E-state index is -5.38. The summed E-state index contributed by atoms with van der Waals surface area (Å²) < 4.78 is 81.4. The van der Waals surface area contributed by atoms with Gasteiger partial charge in [-0.3, -0.25) is 14.2 Å². The predicted octanol–water partition coefficient (Wildman–Crippen LogP) is 1.01. The Morgan fingerprint density at radius 2 is 1.72 bits per heavy atom. The van der Waals surface area contributed by atoms with Gasteiger partial charge in [0, 0.05) is 6.54 Å². The molecule has 18 heteroatoms. The molecule has 214 valence electrons. The van der Waals surface area contributed by atoms with Crippen LogP contribution in [0.25, 0.3) is 0 Å². The topological polar surface area (TPSA) is 176 Å². The molecular formula is C21H23F6N7O5. The molecule has 6 N–H and O–H groups in total. The molecule has 0 aliphatic heterocycles. The van der Waals surface area contributed by atoms with Gasteiger partial charge in [-0.15, -0.1) is 0 Å². The van der Waals surface area contributed by atoms with E-state index in [0.29, 0.717) is 5.56 Å². The highest BCUT2D eigenvalue weighted by Gasteiger charge is 2.42. The minimum absolute atomic E-state index is 0.0844. The van der Waals surface area contributed by atoms with E-state index < -0.39 is 53.6 Å². The summed E-state index contributed by atoms with van der Waals surface area (Å²) in [7, 11) is 0. The molecule has 0 unspecified atom stereocenters. The van der Waals surface area contributed by atoms with Crippen LogP contribution in [0.2, 0.25) is 0 Å². The number of carbonyl (C=O) groups is 2. The number of guanidine groups is 1. The standard InChI is InChI=1S/C21H23F6N7O5/c1-11-16(39-18(37)21(25,26)27)32-15(31-7-6-12-2-4-13(5-3-12)20(22,23)24)17(36)34(11)10-14(35)30-8-9-38-33-19(28)29/h2-5H,6-10H2,1H3,(H,30,35)(H,31,32)(H4,28,29,33). The zero-order valence-electron chi connectivity index (χ0n) is 20.2. The van der Waals surface area contributed by atoms with Gasteiger partial charge >= 0.3 is 18.3 Å². The monoisotopic (exact) mass is 567 g/mol. The molecule has 0 saturated heterocycles. The second kappa shape index (κ2) is 12.8. The maximum absolute atomic E-state index is 12.9. The predicted molar refractivity (Wildman–Crippen MR) is 123 cm³/mol. The second-order valence-electron chi connectivity index (χ2n) is 7.70. The van der Waals surface area contributed by atoms with Crippen LogP contribution in [0.5, 0.6) is 5.88 Å². The highest BCUT2D eigenvalue weighted by atomic mass is 19.4. The lowest BCUT2D eigenvalue weighted by molar-refractivity contribution is -0.190. The van der Waals surface area contributed by atoms with E-state index in [2.05, 4.69) is 30.3 Å². The number of nitrogens with one attached hydrogen (secondary N) is 2. The molecule has 1 heterocycles. The van der Waals surface area contributed by atoms with Gasteiger partial charge in [-0.05, 0) is 36.2 Å². The summed E-state index contributed by atoms with van der Waals surface area (Å²) in [5, 5.41) is 8.13. The van der Waals surface area contributed by atoms with E-state index in [1.165, 1.54) is 12.1 Å². The zero-order valence-corrected chi connectivity index (χ0v) is 20.2. The fraction of sp³-hybridized carbons (Fsp3) is 0.381. The summed E-state index contributed by atoms with van der Waals surface area (Å²) in [6.45, 7) is 0.0352. The molecule has 0 atom stereocenters. The molecule has 0 aliphatic carbocycles. The number of anilines is 1. The Kier molecular flexibility index (Phi) is 10.1. The molecule has 12 nitrogen and oxygen atoms in total. The van der Waals surface area contributed by atoms with Gasteiger partial charge in [0.25, 0.3) is 5.56 Å². The number of halogens is 6. The zero-order chi connectivity index (χ0) is 29.4. The van der Waals surface area contributed by atoms with Gasteiger partial charge < -0.3 is 31.7 Å². The first-order valence-electron chi connectivity index (χ1n) is 10.9. The third kappa shape index (κ3) is 9.38. The number of ether oxygens (including phenoxy) is 1. The maximum Gasteiger partial charge on any atom is 0.491 e. The number of hydrogen-bond donors (Lipinski definition) is 4. The Bertz CT molecular complexity index is 1260. The van der Waals surface area contributed by atoms with Crippen LogP contribution in [-0.2, 0) is 33.6 Å². The summed E-state index contributed by atoms with van der Waals surface area (Å²) in [5.41, 5.74) is 8.40. The summed E-state index contributed by atoms with van der Waals surface area (Å²) in [6.07, 6.45) is -9.82. The van der Waals surface area contributed by atoms with Gasteiger partial charge in [-0.25, -0.2) is 4.79 Å². The molecule has 1 aromatic heterocycles. The Hall–Kier alpha value is -4.51. The molecular weight excluding hydrogens is 544 g/mol. The number of alkyl halides is 6. The molecule has 0 spiro atoms. The van der Waals surface area contributed by atoms with Crippen molar-refractivity contribution in [3.63, 3.8) is 0 Å². The van der Waals surface area contributed by atoms with Crippen LogP contribution < -0.4 is 32.4 Å². The molecule has 0 fully saturated rings. The number of aromatic nitrogens is 2. The first-order chi connectivity index (χ1) is 18.1. The number of nitrogens with zero attached hydrogens (tertiary/aromatic N) is 3. The molecule has 39 heavy (non-hydrogen) atoms. The summed E-state index contributed by atoms with van der Waals surface area (Å²) in [6, 6.07) is 4.15. The van der Waals surface area contributed by atoms with Crippen molar-refractivity contribution in [2.45, 2.75) is 32.2 Å². The Labute approximate surface area is 215 Å². The number of benzene rings is 1. The van der Waals surface area contributed by atoms with Crippen molar-refractivity contribution in [3.05, 3.63) is 51.4 Å².